The van der Waals surface area contributed by atoms with Crippen molar-refractivity contribution in [2.24, 2.45) is 11.8 Å². The highest BCUT2D eigenvalue weighted by atomic mass is 16.7. The maximum atomic E-state index is 13.5. The second kappa shape index (κ2) is 13.4. The largest absolute Gasteiger partial charge is 0.348 e. The molecular formula is C23H44N4O4. The molecule has 1 aliphatic heterocycles. The third kappa shape index (κ3) is 8.33. The highest BCUT2D eigenvalue weighted by Gasteiger charge is 2.42. The number of carbonyl (C=O) groups excluding carboxylic acids is 2. The zero-order valence-electron chi connectivity index (χ0n) is 20.1. The lowest BCUT2D eigenvalue weighted by atomic mass is 9.79. The Kier molecular flexibility index (Phi) is 11.2. The summed E-state index contributed by atoms with van der Waals surface area (Å²) in [6.45, 7) is 5.90. The van der Waals surface area contributed by atoms with Crippen LogP contribution in [0.4, 0.5) is 4.79 Å². The van der Waals surface area contributed by atoms with Crippen molar-refractivity contribution in [1.82, 2.24) is 20.4 Å². The number of imide groups is 1. The van der Waals surface area contributed by atoms with Gasteiger partial charge in [0.15, 0.2) is 5.79 Å². The van der Waals surface area contributed by atoms with Crippen LogP contribution in [0.5, 0.6) is 0 Å². The normalized spacial score (nSPS) is 21.4. The molecule has 0 aromatic heterocycles. The molecule has 8 heteroatoms. The maximum Gasteiger partial charge on any atom is 0.324 e. The van der Waals surface area contributed by atoms with Gasteiger partial charge in [-0.1, -0.05) is 19.8 Å². The summed E-state index contributed by atoms with van der Waals surface area (Å²) in [6, 6.07) is -0.263. The SMILES string of the molecule is CCCCN(C(=O)NCCCN(C)C)C(=O)[C@@H](CNC)C[C@H]1CCCC2(C1)OCCO2. The number of hydrogen-bond acceptors (Lipinski definition) is 6. The lowest BCUT2D eigenvalue weighted by Crippen LogP contribution is -2.49. The number of nitrogens with zero attached hydrogens (tertiary/aromatic N) is 2. The molecule has 2 N–H and O–H groups in total. The Bertz CT molecular complexity index is 552. The van der Waals surface area contributed by atoms with Crippen LogP contribution in [0.3, 0.4) is 0 Å². The van der Waals surface area contributed by atoms with Gasteiger partial charge in [-0.25, -0.2) is 4.79 Å². The van der Waals surface area contributed by atoms with Crippen LogP contribution in [0.15, 0.2) is 0 Å². The number of urea groups is 1. The van der Waals surface area contributed by atoms with Gasteiger partial charge in [-0.15, -0.1) is 0 Å². The first-order valence-corrected chi connectivity index (χ1v) is 12.1. The quantitative estimate of drug-likeness (QED) is 0.454. The average Bonchev–Trinajstić information content (AvgIpc) is 3.18. The van der Waals surface area contributed by atoms with Gasteiger partial charge in [-0.2, -0.15) is 0 Å². The van der Waals surface area contributed by atoms with Crippen LogP contribution in [0, 0.1) is 11.8 Å². The van der Waals surface area contributed by atoms with Crippen molar-refractivity contribution >= 4 is 11.9 Å². The molecule has 180 valence electrons. The Morgan fingerprint density at radius 2 is 1.90 bits per heavy atom. The third-order valence-electron chi connectivity index (χ3n) is 6.31. The van der Waals surface area contributed by atoms with E-state index in [0.29, 0.717) is 38.8 Å². The molecule has 2 fully saturated rings. The molecule has 1 aliphatic carbocycles. The summed E-state index contributed by atoms with van der Waals surface area (Å²) in [5.74, 6) is -0.371. The van der Waals surface area contributed by atoms with Crippen LogP contribution in [0.25, 0.3) is 0 Å². The van der Waals surface area contributed by atoms with Crippen LogP contribution in [0.1, 0.15) is 58.3 Å². The van der Waals surface area contributed by atoms with E-state index in [9.17, 15) is 9.59 Å². The molecule has 0 aromatic rings. The van der Waals surface area contributed by atoms with E-state index in [1.54, 1.807) is 0 Å². The Hall–Kier alpha value is -1.22. The van der Waals surface area contributed by atoms with Gasteiger partial charge in [0.05, 0.1) is 19.1 Å². The van der Waals surface area contributed by atoms with Gasteiger partial charge in [-0.05, 0) is 59.3 Å². The molecule has 2 aliphatic rings. The Balaban J connectivity index is 1.99. The molecule has 8 nitrogen and oxygen atoms in total. The Morgan fingerprint density at radius 1 is 1.16 bits per heavy atom. The van der Waals surface area contributed by atoms with E-state index in [0.717, 1.165) is 57.9 Å². The highest BCUT2D eigenvalue weighted by molar-refractivity contribution is 5.95. The minimum absolute atomic E-state index is 0.0687. The summed E-state index contributed by atoms with van der Waals surface area (Å²) in [5, 5.41) is 6.11. The van der Waals surface area contributed by atoms with Crippen LogP contribution < -0.4 is 10.6 Å². The number of rotatable bonds is 12. The predicted molar refractivity (Wildman–Crippen MR) is 122 cm³/mol. The van der Waals surface area contributed by atoms with Crippen molar-refractivity contribution < 1.29 is 19.1 Å². The lowest BCUT2D eigenvalue weighted by Gasteiger charge is -2.37. The van der Waals surface area contributed by atoms with Gasteiger partial charge in [0.2, 0.25) is 5.91 Å². The molecule has 0 aromatic carbocycles. The highest BCUT2D eigenvalue weighted by Crippen LogP contribution is 2.41. The molecule has 1 spiro atoms. The number of unbranched alkanes of at least 4 members (excludes halogenated alkanes) is 1. The smallest absolute Gasteiger partial charge is 0.324 e. The molecule has 2 atom stereocenters. The maximum absolute atomic E-state index is 13.5. The predicted octanol–water partition coefficient (Wildman–Crippen LogP) is 2.44. The molecule has 0 bridgehead atoms. The molecule has 1 saturated heterocycles. The van der Waals surface area contributed by atoms with Crippen LogP contribution in [-0.2, 0) is 14.3 Å². The summed E-state index contributed by atoms with van der Waals surface area (Å²) in [4.78, 5) is 29.9. The van der Waals surface area contributed by atoms with Gasteiger partial charge in [-0.3, -0.25) is 9.69 Å². The van der Waals surface area contributed by atoms with Crippen molar-refractivity contribution in [2.45, 2.75) is 64.1 Å². The van der Waals surface area contributed by atoms with E-state index in [-0.39, 0.29) is 17.9 Å². The van der Waals surface area contributed by atoms with Crippen LogP contribution in [-0.4, -0.2) is 88.1 Å². The molecule has 31 heavy (non-hydrogen) atoms. The van der Waals surface area contributed by atoms with Crippen molar-refractivity contribution in [2.75, 3.05) is 60.5 Å². The van der Waals surface area contributed by atoms with E-state index in [4.69, 9.17) is 9.47 Å². The summed E-state index contributed by atoms with van der Waals surface area (Å²) in [6.07, 6.45) is 7.28. The van der Waals surface area contributed by atoms with Gasteiger partial charge in [0.25, 0.3) is 0 Å². The van der Waals surface area contributed by atoms with Gasteiger partial charge < -0.3 is 25.0 Å². The van der Waals surface area contributed by atoms with E-state index in [2.05, 4.69) is 22.5 Å². The minimum atomic E-state index is -0.443. The fourth-order valence-electron chi connectivity index (χ4n) is 4.72. The number of amides is 3. The monoisotopic (exact) mass is 440 g/mol. The first-order valence-electron chi connectivity index (χ1n) is 12.1. The fourth-order valence-corrected chi connectivity index (χ4v) is 4.72. The lowest BCUT2D eigenvalue weighted by molar-refractivity contribution is -0.188. The van der Waals surface area contributed by atoms with E-state index >= 15 is 0 Å². The Morgan fingerprint density at radius 3 is 2.55 bits per heavy atom. The molecule has 2 rings (SSSR count). The topological polar surface area (TPSA) is 83.1 Å². The molecule has 0 unspecified atom stereocenters. The van der Waals surface area contributed by atoms with E-state index in [1.165, 1.54) is 4.90 Å². The standard InChI is InChI=1S/C23H44N4O4/c1-5-6-13-27(22(29)25-11-8-12-26(3)4)21(28)20(18-24-2)16-19-9-7-10-23(17-19)30-14-15-31-23/h19-20,24H,5-18H2,1-4H3,(H,25,29)/t19-,20-/m1/s1. The molecule has 1 heterocycles. The van der Waals surface area contributed by atoms with Crippen molar-refractivity contribution in [3.05, 3.63) is 0 Å². The molecule has 0 radical (unpaired) electrons. The first kappa shape index (κ1) is 26.0. The number of hydrogen-bond donors (Lipinski definition) is 2. The number of nitrogens with one attached hydrogen (secondary N) is 2. The van der Waals surface area contributed by atoms with Crippen LogP contribution in [0.2, 0.25) is 0 Å². The van der Waals surface area contributed by atoms with Crippen molar-refractivity contribution in [3.63, 3.8) is 0 Å². The molecular weight excluding hydrogens is 396 g/mol. The van der Waals surface area contributed by atoms with Gasteiger partial charge in [0.1, 0.15) is 0 Å². The van der Waals surface area contributed by atoms with Crippen LogP contribution >= 0.6 is 0 Å². The summed E-state index contributed by atoms with van der Waals surface area (Å²) in [5.41, 5.74) is 0. The summed E-state index contributed by atoms with van der Waals surface area (Å²) >= 11 is 0. The average molecular weight is 441 g/mol. The second-order valence-electron chi connectivity index (χ2n) is 9.29. The fraction of sp³-hybridized carbons (Fsp3) is 0.913. The molecule has 3 amide bonds. The number of ether oxygens (including phenoxy) is 2. The zero-order chi connectivity index (χ0) is 22.7. The minimum Gasteiger partial charge on any atom is -0.348 e. The summed E-state index contributed by atoms with van der Waals surface area (Å²) < 4.78 is 11.8. The van der Waals surface area contributed by atoms with Gasteiger partial charge in [0, 0.05) is 32.5 Å². The summed E-state index contributed by atoms with van der Waals surface area (Å²) in [7, 11) is 5.89. The second-order valence-corrected chi connectivity index (χ2v) is 9.29. The zero-order valence-corrected chi connectivity index (χ0v) is 20.1. The van der Waals surface area contributed by atoms with E-state index < -0.39 is 5.79 Å². The third-order valence-corrected chi connectivity index (χ3v) is 6.31. The Labute approximate surface area is 188 Å². The first-order chi connectivity index (χ1) is 14.9. The van der Waals surface area contributed by atoms with Crippen molar-refractivity contribution in [3.8, 4) is 0 Å². The molecule has 1 saturated carbocycles. The van der Waals surface area contributed by atoms with E-state index in [1.807, 2.05) is 21.1 Å². The van der Waals surface area contributed by atoms with Crippen molar-refractivity contribution in [1.29, 1.82) is 0 Å². The number of carbonyl (C=O) groups is 2. The van der Waals surface area contributed by atoms with Gasteiger partial charge >= 0.3 is 6.03 Å².